The first-order chi connectivity index (χ1) is 10.4. The van der Waals surface area contributed by atoms with E-state index in [2.05, 4.69) is 9.93 Å². The Hall–Kier alpha value is -2.05. The second kappa shape index (κ2) is 6.81. The molecular formula is C15H15ClN2O3S. The molecule has 2 aromatic rings. The zero-order valence-corrected chi connectivity index (χ0v) is 13.6. The van der Waals surface area contributed by atoms with Gasteiger partial charge in [0.1, 0.15) is 5.75 Å². The SMILES string of the molecule is COc1ccc(C=NNS(=O)(=O)c2ccc(C)cc2)cc1Cl. The van der Waals surface area contributed by atoms with Gasteiger partial charge in [0.05, 0.1) is 23.2 Å². The van der Waals surface area contributed by atoms with Gasteiger partial charge in [0.25, 0.3) is 10.0 Å². The van der Waals surface area contributed by atoms with Crippen molar-refractivity contribution in [2.24, 2.45) is 5.10 Å². The maximum atomic E-state index is 12.0. The van der Waals surface area contributed by atoms with Crippen molar-refractivity contribution < 1.29 is 13.2 Å². The summed E-state index contributed by atoms with van der Waals surface area (Å²) in [6.07, 6.45) is 1.37. The number of nitrogens with one attached hydrogen (secondary N) is 1. The van der Waals surface area contributed by atoms with E-state index < -0.39 is 10.0 Å². The number of hydrogen-bond donors (Lipinski definition) is 1. The third-order valence-corrected chi connectivity index (χ3v) is 4.43. The molecule has 0 heterocycles. The Bertz CT molecular complexity index is 787. The molecule has 0 aliphatic carbocycles. The number of hydrazone groups is 1. The Kier molecular flexibility index (Phi) is 5.05. The van der Waals surface area contributed by atoms with E-state index in [1.54, 1.807) is 30.3 Å². The van der Waals surface area contributed by atoms with E-state index in [0.29, 0.717) is 16.3 Å². The van der Waals surface area contributed by atoms with E-state index in [-0.39, 0.29) is 4.90 Å². The molecule has 7 heteroatoms. The fourth-order valence-electron chi connectivity index (χ4n) is 1.70. The Morgan fingerprint density at radius 2 is 1.86 bits per heavy atom. The molecule has 0 aliphatic rings. The van der Waals surface area contributed by atoms with Crippen molar-refractivity contribution >= 4 is 27.8 Å². The predicted octanol–water partition coefficient (Wildman–Crippen LogP) is 2.97. The van der Waals surface area contributed by atoms with E-state index in [9.17, 15) is 8.42 Å². The fraction of sp³-hybridized carbons (Fsp3) is 0.133. The number of sulfonamides is 1. The summed E-state index contributed by atoms with van der Waals surface area (Å²) in [5, 5.41) is 4.17. The van der Waals surface area contributed by atoms with Crippen LogP contribution in [0.5, 0.6) is 5.75 Å². The van der Waals surface area contributed by atoms with Crippen LogP contribution in [0.3, 0.4) is 0 Å². The minimum absolute atomic E-state index is 0.156. The number of aryl methyl sites for hydroxylation is 1. The van der Waals surface area contributed by atoms with E-state index in [1.807, 2.05) is 6.92 Å². The second-order valence-electron chi connectivity index (χ2n) is 4.56. The number of hydrogen-bond acceptors (Lipinski definition) is 4. The Morgan fingerprint density at radius 1 is 1.18 bits per heavy atom. The molecule has 0 aromatic heterocycles. The van der Waals surface area contributed by atoms with Crippen LogP contribution in [0.2, 0.25) is 5.02 Å². The fourth-order valence-corrected chi connectivity index (χ4v) is 2.76. The van der Waals surface area contributed by atoms with Crippen molar-refractivity contribution in [2.45, 2.75) is 11.8 Å². The summed E-state index contributed by atoms with van der Waals surface area (Å²) in [5.41, 5.74) is 1.63. The van der Waals surface area contributed by atoms with Crippen LogP contribution in [-0.2, 0) is 10.0 Å². The van der Waals surface area contributed by atoms with Crippen molar-refractivity contribution in [1.29, 1.82) is 0 Å². The minimum Gasteiger partial charge on any atom is -0.495 e. The lowest BCUT2D eigenvalue weighted by Gasteiger charge is -2.04. The molecule has 0 atom stereocenters. The highest BCUT2D eigenvalue weighted by Gasteiger charge is 2.11. The monoisotopic (exact) mass is 338 g/mol. The normalized spacial score (nSPS) is 11.6. The van der Waals surface area contributed by atoms with Gasteiger partial charge in [-0.2, -0.15) is 13.5 Å². The zero-order valence-electron chi connectivity index (χ0n) is 12.1. The summed E-state index contributed by atoms with van der Waals surface area (Å²) >= 11 is 5.98. The van der Waals surface area contributed by atoms with E-state index >= 15 is 0 Å². The van der Waals surface area contributed by atoms with Crippen molar-refractivity contribution in [2.75, 3.05) is 7.11 Å². The molecule has 0 aliphatic heterocycles. The van der Waals surface area contributed by atoms with Crippen LogP contribution in [0, 0.1) is 6.92 Å². The minimum atomic E-state index is -3.68. The highest BCUT2D eigenvalue weighted by atomic mass is 35.5. The van der Waals surface area contributed by atoms with Gasteiger partial charge in [-0.3, -0.25) is 0 Å². The first-order valence-electron chi connectivity index (χ1n) is 6.37. The molecule has 0 spiro atoms. The van der Waals surface area contributed by atoms with Gasteiger partial charge in [0.15, 0.2) is 0 Å². The van der Waals surface area contributed by atoms with Gasteiger partial charge in [-0.05, 0) is 42.8 Å². The largest absolute Gasteiger partial charge is 0.495 e. The number of ether oxygens (including phenoxy) is 1. The third kappa shape index (κ3) is 3.99. The maximum absolute atomic E-state index is 12.0. The van der Waals surface area contributed by atoms with Gasteiger partial charge < -0.3 is 4.74 Å². The summed E-state index contributed by atoms with van der Waals surface area (Å²) in [6, 6.07) is 11.5. The van der Waals surface area contributed by atoms with Crippen LogP contribution < -0.4 is 9.57 Å². The van der Waals surface area contributed by atoms with Crippen LogP contribution in [0.1, 0.15) is 11.1 Å². The molecule has 1 N–H and O–H groups in total. The van der Waals surface area contributed by atoms with E-state index in [1.165, 1.54) is 25.5 Å². The lowest BCUT2D eigenvalue weighted by molar-refractivity contribution is 0.415. The molecular weight excluding hydrogens is 324 g/mol. The smallest absolute Gasteiger partial charge is 0.276 e. The van der Waals surface area contributed by atoms with E-state index in [4.69, 9.17) is 16.3 Å². The lowest BCUT2D eigenvalue weighted by Crippen LogP contribution is -2.18. The molecule has 5 nitrogen and oxygen atoms in total. The van der Waals surface area contributed by atoms with Gasteiger partial charge >= 0.3 is 0 Å². The highest BCUT2D eigenvalue weighted by molar-refractivity contribution is 7.89. The molecule has 22 heavy (non-hydrogen) atoms. The molecule has 2 aromatic carbocycles. The van der Waals surface area contributed by atoms with Gasteiger partial charge in [-0.15, -0.1) is 0 Å². The average Bonchev–Trinajstić information content (AvgIpc) is 2.48. The number of methoxy groups -OCH3 is 1. The Labute approximate surface area is 134 Å². The van der Waals surface area contributed by atoms with Crippen molar-refractivity contribution in [3.63, 3.8) is 0 Å². The zero-order chi connectivity index (χ0) is 16.2. The van der Waals surface area contributed by atoms with Gasteiger partial charge in [0, 0.05) is 0 Å². The Morgan fingerprint density at radius 3 is 2.45 bits per heavy atom. The van der Waals surface area contributed by atoms with Gasteiger partial charge in [-0.25, -0.2) is 4.83 Å². The standard InChI is InChI=1S/C15H15ClN2O3S/c1-11-3-6-13(7-4-11)22(19,20)18-17-10-12-5-8-15(21-2)14(16)9-12/h3-10,18H,1-2H3. The summed E-state index contributed by atoms with van der Waals surface area (Å²) in [6.45, 7) is 1.88. The molecule has 0 fully saturated rings. The molecule has 0 saturated heterocycles. The summed E-state index contributed by atoms with van der Waals surface area (Å²) in [4.78, 5) is 2.31. The number of benzene rings is 2. The molecule has 0 amide bonds. The first-order valence-corrected chi connectivity index (χ1v) is 8.23. The Balaban J connectivity index is 2.11. The molecule has 116 valence electrons. The summed E-state index contributed by atoms with van der Waals surface area (Å²) < 4.78 is 29.1. The predicted molar refractivity (Wildman–Crippen MR) is 87.1 cm³/mol. The quantitative estimate of drug-likeness (QED) is 0.673. The maximum Gasteiger partial charge on any atom is 0.276 e. The van der Waals surface area contributed by atoms with Gasteiger partial charge in [-0.1, -0.05) is 29.3 Å². The van der Waals surface area contributed by atoms with Crippen LogP contribution in [0.4, 0.5) is 0 Å². The van der Waals surface area contributed by atoms with Crippen LogP contribution in [-0.4, -0.2) is 21.7 Å². The molecule has 0 bridgehead atoms. The van der Waals surface area contributed by atoms with Crippen LogP contribution in [0.25, 0.3) is 0 Å². The van der Waals surface area contributed by atoms with Crippen molar-refractivity contribution in [1.82, 2.24) is 4.83 Å². The summed E-state index contributed by atoms with van der Waals surface area (Å²) in [5.74, 6) is 0.541. The average molecular weight is 339 g/mol. The number of nitrogens with zero attached hydrogens (tertiary/aromatic N) is 1. The molecule has 0 unspecified atom stereocenters. The number of halogens is 1. The van der Waals surface area contributed by atoms with Crippen molar-refractivity contribution in [3.8, 4) is 5.75 Å². The topological polar surface area (TPSA) is 67.8 Å². The van der Waals surface area contributed by atoms with Crippen molar-refractivity contribution in [3.05, 3.63) is 58.6 Å². The number of rotatable bonds is 5. The lowest BCUT2D eigenvalue weighted by atomic mass is 10.2. The van der Waals surface area contributed by atoms with Crippen LogP contribution in [0.15, 0.2) is 52.5 Å². The highest BCUT2D eigenvalue weighted by Crippen LogP contribution is 2.24. The first kappa shape index (κ1) is 16.3. The van der Waals surface area contributed by atoms with Gasteiger partial charge in [0.2, 0.25) is 0 Å². The molecule has 0 radical (unpaired) electrons. The second-order valence-corrected chi connectivity index (χ2v) is 6.63. The molecule has 2 rings (SSSR count). The van der Waals surface area contributed by atoms with E-state index in [0.717, 1.165) is 5.56 Å². The summed E-state index contributed by atoms with van der Waals surface area (Å²) in [7, 11) is -2.16. The third-order valence-electron chi connectivity index (χ3n) is 2.89. The van der Waals surface area contributed by atoms with Crippen LogP contribution >= 0.6 is 11.6 Å². The molecule has 0 saturated carbocycles.